The molecular weight excluding hydrogens is 452 g/mol. The molecule has 0 spiro atoms. The molecule has 0 unspecified atom stereocenters. The van der Waals surface area contributed by atoms with Crippen LogP contribution in [0.2, 0.25) is 5.04 Å². The maximum absolute atomic E-state index is 7.51. The third-order valence-corrected chi connectivity index (χ3v) is 12.5. The Morgan fingerprint density at radius 3 is 1.69 bits per heavy atom. The molecule has 0 amide bonds. The van der Waals surface area contributed by atoms with E-state index in [4.69, 9.17) is 4.43 Å². The summed E-state index contributed by atoms with van der Waals surface area (Å²) in [6.45, 7) is 11.8. The van der Waals surface area contributed by atoms with Crippen molar-refractivity contribution in [3.8, 4) is 0 Å². The maximum Gasteiger partial charge on any atom is 0.261 e. The summed E-state index contributed by atoms with van der Waals surface area (Å²) >= 11 is 0. The lowest BCUT2D eigenvalue weighted by Gasteiger charge is -2.45. The molecule has 0 fully saturated rings. The standard InChI is InChI=1S/C34H54OSi/c1-6-8-10-12-13-14-15-16-20-26-31(25-19-11-9-7-2)35-36(34(3,4)5,32-27-21-17-22-28-32)33-29-23-18-24-30-33/h16-18,20-24,27-31H,6-15,19,25-26H2,1-5H3/b20-16-/t31-/m1/s1. The van der Waals surface area contributed by atoms with Crippen molar-refractivity contribution in [1.29, 1.82) is 0 Å². The summed E-state index contributed by atoms with van der Waals surface area (Å²) in [5, 5.41) is 2.80. The first-order chi connectivity index (χ1) is 17.5. The molecule has 2 aromatic carbocycles. The summed E-state index contributed by atoms with van der Waals surface area (Å²) < 4.78 is 7.51. The van der Waals surface area contributed by atoms with Crippen LogP contribution in [-0.4, -0.2) is 14.4 Å². The average Bonchev–Trinajstić information content (AvgIpc) is 2.88. The smallest absolute Gasteiger partial charge is 0.261 e. The highest BCUT2D eigenvalue weighted by Crippen LogP contribution is 2.38. The number of rotatable bonds is 18. The van der Waals surface area contributed by atoms with E-state index in [1.54, 1.807) is 0 Å². The predicted octanol–water partition coefficient (Wildman–Crippen LogP) is 9.60. The zero-order chi connectivity index (χ0) is 26.1. The Bertz CT molecular complexity index is 782. The Labute approximate surface area is 224 Å². The molecule has 2 rings (SSSR count). The maximum atomic E-state index is 7.51. The molecule has 0 aliphatic carbocycles. The number of benzene rings is 2. The van der Waals surface area contributed by atoms with Crippen LogP contribution >= 0.6 is 0 Å². The van der Waals surface area contributed by atoms with Gasteiger partial charge in [0.2, 0.25) is 0 Å². The van der Waals surface area contributed by atoms with Crippen LogP contribution in [0.25, 0.3) is 0 Å². The van der Waals surface area contributed by atoms with Gasteiger partial charge in [-0.1, -0.05) is 165 Å². The van der Waals surface area contributed by atoms with E-state index in [1.807, 2.05) is 0 Å². The molecule has 1 atom stereocenters. The Balaban J connectivity index is 2.23. The molecule has 0 aliphatic heterocycles. The second-order valence-corrected chi connectivity index (χ2v) is 15.8. The van der Waals surface area contributed by atoms with E-state index in [0.29, 0.717) is 0 Å². The minimum absolute atomic E-state index is 0.0274. The SMILES string of the molecule is CCCCCCCC/C=C\C[C@@H](CCCCCC)O[Si](c1ccccc1)(c1ccccc1)C(C)(C)C. The van der Waals surface area contributed by atoms with Crippen molar-refractivity contribution < 1.29 is 4.43 Å². The summed E-state index contributed by atoms with van der Waals surface area (Å²) in [4.78, 5) is 0. The highest BCUT2D eigenvalue weighted by atomic mass is 28.4. The van der Waals surface area contributed by atoms with Gasteiger partial charge in [-0.05, 0) is 41.1 Å². The van der Waals surface area contributed by atoms with E-state index >= 15 is 0 Å². The van der Waals surface area contributed by atoms with Gasteiger partial charge in [0.15, 0.2) is 0 Å². The van der Waals surface area contributed by atoms with Gasteiger partial charge in [-0.25, -0.2) is 0 Å². The van der Waals surface area contributed by atoms with Crippen molar-refractivity contribution in [1.82, 2.24) is 0 Å². The third-order valence-electron chi connectivity index (χ3n) is 7.43. The minimum atomic E-state index is -2.51. The van der Waals surface area contributed by atoms with Crippen molar-refractivity contribution in [2.24, 2.45) is 0 Å². The van der Waals surface area contributed by atoms with Crippen molar-refractivity contribution >= 4 is 18.7 Å². The Hall–Kier alpha value is -1.64. The number of allylic oxidation sites excluding steroid dienone is 1. The monoisotopic (exact) mass is 506 g/mol. The van der Waals surface area contributed by atoms with E-state index < -0.39 is 8.32 Å². The lowest BCUT2D eigenvalue weighted by atomic mass is 10.1. The van der Waals surface area contributed by atoms with Gasteiger partial charge in [-0.3, -0.25) is 0 Å². The molecule has 0 radical (unpaired) electrons. The predicted molar refractivity (Wildman–Crippen MR) is 163 cm³/mol. The first kappa shape index (κ1) is 30.6. The molecule has 2 aromatic rings. The average molecular weight is 507 g/mol. The fraction of sp³-hybridized carbons (Fsp3) is 0.588. The first-order valence-electron chi connectivity index (χ1n) is 14.9. The van der Waals surface area contributed by atoms with Crippen LogP contribution in [0.1, 0.15) is 118 Å². The zero-order valence-electron chi connectivity index (χ0n) is 24.1. The van der Waals surface area contributed by atoms with Gasteiger partial charge < -0.3 is 4.43 Å². The van der Waals surface area contributed by atoms with Gasteiger partial charge in [0.25, 0.3) is 8.32 Å². The van der Waals surface area contributed by atoms with Crippen molar-refractivity contribution in [3.63, 3.8) is 0 Å². The fourth-order valence-electron chi connectivity index (χ4n) is 5.37. The number of hydrogen-bond acceptors (Lipinski definition) is 1. The van der Waals surface area contributed by atoms with E-state index in [2.05, 4.69) is 107 Å². The summed E-state index contributed by atoms with van der Waals surface area (Å²) in [6.07, 6.45) is 21.8. The van der Waals surface area contributed by atoms with Gasteiger partial charge >= 0.3 is 0 Å². The third kappa shape index (κ3) is 9.67. The van der Waals surface area contributed by atoms with Gasteiger partial charge in [0.1, 0.15) is 0 Å². The molecule has 0 saturated carbocycles. The number of hydrogen-bond donors (Lipinski definition) is 0. The lowest BCUT2D eigenvalue weighted by Crippen LogP contribution is -2.67. The Morgan fingerprint density at radius 1 is 0.667 bits per heavy atom. The summed E-state index contributed by atoms with van der Waals surface area (Å²) in [6, 6.07) is 22.3. The molecular formula is C34H54OSi. The molecule has 0 bridgehead atoms. The molecule has 0 heterocycles. The molecule has 0 N–H and O–H groups in total. The van der Waals surface area contributed by atoms with Crippen molar-refractivity contribution in [2.75, 3.05) is 0 Å². The van der Waals surface area contributed by atoms with Crippen LogP contribution in [0.5, 0.6) is 0 Å². The molecule has 2 heteroatoms. The lowest BCUT2D eigenvalue weighted by molar-refractivity contribution is 0.176. The molecule has 36 heavy (non-hydrogen) atoms. The first-order valence-corrected chi connectivity index (χ1v) is 16.8. The summed E-state index contributed by atoms with van der Waals surface area (Å²) in [7, 11) is -2.51. The summed E-state index contributed by atoms with van der Waals surface area (Å²) in [5.74, 6) is 0. The van der Waals surface area contributed by atoms with E-state index in [1.165, 1.54) is 81.0 Å². The molecule has 200 valence electrons. The highest BCUT2D eigenvalue weighted by molar-refractivity contribution is 6.99. The van der Waals surface area contributed by atoms with Gasteiger partial charge in [0.05, 0.1) is 0 Å². The normalized spacial score (nSPS) is 13.4. The Kier molecular flexibility index (Phi) is 14.4. The van der Waals surface area contributed by atoms with E-state index in [9.17, 15) is 0 Å². The van der Waals surface area contributed by atoms with Crippen LogP contribution < -0.4 is 10.4 Å². The van der Waals surface area contributed by atoms with Gasteiger partial charge in [-0.15, -0.1) is 0 Å². The van der Waals surface area contributed by atoms with E-state index in [-0.39, 0.29) is 11.1 Å². The highest BCUT2D eigenvalue weighted by Gasteiger charge is 2.51. The van der Waals surface area contributed by atoms with Crippen LogP contribution in [0.3, 0.4) is 0 Å². The topological polar surface area (TPSA) is 9.23 Å². The zero-order valence-corrected chi connectivity index (χ0v) is 25.1. The molecule has 1 nitrogen and oxygen atoms in total. The minimum Gasteiger partial charge on any atom is -0.404 e. The fourth-order valence-corrected chi connectivity index (χ4v) is 10.1. The Morgan fingerprint density at radius 2 is 1.17 bits per heavy atom. The largest absolute Gasteiger partial charge is 0.404 e. The van der Waals surface area contributed by atoms with Gasteiger partial charge in [-0.2, -0.15) is 0 Å². The van der Waals surface area contributed by atoms with Crippen molar-refractivity contribution in [3.05, 3.63) is 72.8 Å². The van der Waals surface area contributed by atoms with Crippen LogP contribution in [0.4, 0.5) is 0 Å². The second kappa shape index (κ2) is 17.0. The van der Waals surface area contributed by atoms with Crippen LogP contribution in [0, 0.1) is 0 Å². The van der Waals surface area contributed by atoms with Crippen LogP contribution in [0.15, 0.2) is 72.8 Å². The van der Waals surface area contributed by atoms with Crippen molar-refractivity contribution in [2.45, 2.75) is 129 Å². The molecule has 0 saturated heterocycles. The van der Waals surface area contributed by atoms with Gasteiger partial charge in [0, 0.05) is 6.10 Å². The van der Waals surface area contributed by atoms with Crippen LogP contribution in [-0.2, 0) is 4.43 Å². The second-order valence-electron chi connectivity index (χ2n) is 11.5. The summed E-state index contributed by atoms with van der Waals surface area (Å²) in [5.41, 5.74) is 0. The number of unbranched alkanes of at least 4 members (excludes halogenated alkanes) is 9. The quantitative estimate of drug-likeness (QED) is 0.111. The van der Waals surface area contributed by atoms with E-state index in [0.717, 1.165) is 12.8 Å². The molecule has 0 aromatic heterocycles. The molecule has 0 aliphatic rings.